The zero-order valence-electron chi connectivity index (χ0n) is 13.3. The molecule has 1 aromatic heterocycles. The second-order valence-electron chi connectivity index (χ2n) is 6.95. The second-order valence-corrected chi connectivity index (χ2v) is 6.95. The Kier molecular flexibility index (Phi) is 3.90. The lowest BCUT2D eigenvalue weighted by molar-refractivity contribution is 0.0949. The summed E-state index contributed by atoms with van der Waals surface area (Å²) in [5.41, 5.74) is 1.51. The predicted molar refractivity (Wildman–Crippen MR) is 89.5 cm³/mol. The number of hydrogen-bond acceptors (Lipinski definition) is 2. The van der Waals surface area contributed by atoms with E-state index < -0.39 is 0 Å². The minimum Gasteiger partial charge on any atom is -0.352 e. The maximum Gasteiger partial charge on any atom is 0.253 e. The molecule has 2 saturated carbocycles. The quantitative estimate of drug-likeness (QED) is 0.920. The van der Waals surface area contributed by atoms with Crippen molar-refractivity contribution in [1.29, 1.82) is 0 Å². The molecular formula is C19H23N3O. The lowest BCUT2D eigenvalue weighted by Gasteiger charge is -2.21. The van der Waals surface area contributed by atoms with Crippen LogP contribution in [0.3, 0.4) is 0 Å². The molecule has 4 rings (SSSR count). The zero-order chi connectivity index (χ0) is 15.6. The van der Waals surface area contributed by atoms with Crippen molar-refractivity contribution in [3.8, 4) is 5.69 Å². The van der Waals surface area contributed by atoms with E-state index in [1.807, 2.05) is 36.5 Å². The minimum absolute atomic E-state index is 0.000689. The van der Waals surface area contributed by atoms with Gasteiger partial charge in [0, 0.05) is 18.9 Å². The largest absolute Gasteiger partial charge is 0.352 e. The Bertz CT molecular complexity index is 680. The van der Waals surface area contributed by atoms with Gasteiger partial charge in [0.2, 0.25) is 0 Å². The molecule has 0 saturated heterocycles. The molecule has 1 heterocycles. The van der Waals surface area contributed by atoms with Crippen LogP contribution < -0.4 is 5.32 Å². The van der Waals surface area contributed by atoms with Gasteiger partial charge in [-0.3, -0.25) is 4.79 Å². The Hall–Kier alpha value is -2.10. The van der Waals surface area contributed by atoms with Crippen molar-refractivity contribution >= 4 is 5.91 Å². The van der Waals surface area contributed by atoms with E-state index in [0.717, 1.165) is 36.4 Å². The summed E-state index contributed by atoms with van der Waals surface area (Å²) >= 11 is 0. The smallest absolute Gasteiger partial charge is 0.253 e. The first kappa shape index (κ1) is 14.5. The lowest BCUT2D eigenvalue weighted by atomic mass is 9.86. The van der Waals surface area contributed by atoms with E-state index in [0.29, 0.717) is 5.56 Å². The van der Waals surface area contributed by atoms with Gasteiger partial charge in [0.15, 0.2) is 0 Å². The molecule has 2 aliphatic rings. The Morgan fingerprint density at radius 2 is 2.13 bits per heavy atom. The highest BCUT2D eigenvalue weighted by Crippen LogP contribution is 2.49. The molecule has 23 heavy (non-hydrogen) atoms. The number of nitrogens with one attached hydrogen (secondary N) is 1. The Morgan fingerprint density at radius 3 is 2.87 bits per heavy atom. The van der Waals surface area contributed by atoms with Gasteiger partial charge in [-0.25, -0.2) is 4.68 Å². The molecule has 120 valence electrons. The van der Waals surface area contributed by atoms with Crippen LogP contribution in [-0.2, 0) is 0 Å². The minimum atomic E-state index is -0.000689. The molecule has 0 aliphatic heterocycles. The fourth-order valence-corrected chi connectivity index (χ4v) is 4.47. The Morgan fingerprint density at radius 1 is 1.22 bits per heavy atom. The molecule has 4 heteroatoms. The van der Waals surface area contributed by atoms with Gasteiger partial charge in [0.25, 0.3) is 5.91 Å². The third-order valence-corrected chi connectivity index (χ3v) is 5.59. The highest BCUT2D eigenvalue weighted by molar-refractivity contribution is 5.97. The monoisotopic (exact) mass is 309 g/mol. The number of nitrogens with zero attached hydrogens (tertiary/aromatic N) is 2. The normalized spacial score (nSPS) is 25.7. The average molecular weight is 309 g/mol. The summed E-state index contributed by atoms with van der Waals surface area (Å²) in [5.74, 6) is 2.73. The van der Waals surface area contributed by atoms with Gasteiger partial charge < -0.3 is 5.32 Å². The SMILES string of the molecule is O=C(NCC[C@@H]1C[C@H]2CC[C@H]1C2)c1ccccc1-n1cccn1. The van der Waals surface area contributed by atoms with Crippen LogP contribution in [0.5, 0.6) is 0 Å². The van der Waals surface area contributed by atoms with Gasteiger partial charge in [0.1, 0.15) is 0 Å². The van der Waals surface area contributed by atoms with Crippen LogP contribution in [0, 0.1) is 17.8 Å². The summed E-state index contributed by atoms with van der Waals surface area (Å²) in [6, 6.07) is 9.49. The van der Waals surface area contributed by atoms with E-state index >= 15 is 0 Å². The summed E-state index contributed by atoms with van der Waals surface area (Å²) in [7, 11) is 0. The highest BCUT2D eigenvalue weighted by atomic mass is 16.1. The standard InChI is InChI=1S/C19H23N3O/c23-19(20-10-8-16-13-14-6-7-15(16)12-14)17-4-1-2-5-18(17)22-11-3-9-21-22/h1-5,9,11,14-16H,6-8,10,12-13H2,(H,20,23)/t14-,15-,16+/m0/s1. The summed E-state index contributed by atoms with van der Waals surface area (Å²) < 4.78 is 1.74. The van der Waals surface area contributed by atoms with E-state index in [9.17, 15) is 4.79 Å². The molecular weight excluding hydrogens is 286 g/mol. The van der Waals surface area contributed by atoms with Crippen LogP contribution in [0.2, 0.25) is 0 Å². The van der Waals surface area contributed by atoms with Crippen molar-refractivity contribution in [3.05, 3.63) is 48.3 Å². The second kappa shape index (κ2) is 6.19. The first-order chi connectivity index (χ1) is 11.3. The molecule has 2 fully saturated rings. The summed E-state index contributed by atoms with van der Waals surface area (Å²) in [5, 5.41) is 7.34. The van der Waals surface area contributed by atoms with E-state index in [1.54, 1.807) is 10.9 Å². The molecule has 3 atom stereocenters. The van der Waals surface area contributed by atoms with E-state index in [2.05, 4.69) is 10.4 Å². The van der Waals surface area contributed by atoms with Crippen molar-refractivity contribution in [1.82, 2.24) is 15.1 Å². The first-order valence-electron chi connectivity index (χ1n) is 8.68. The van der Waals surface area contributed by atoms with Crippen LogP contribution in [0.1, 0.15) is 42.5 Å². The Balaban J connectivity index is 1.38. The van der Waals surface area contributed by atoms with Crippen LogP contribution in [0.25, 0.3) is 5.69 Å². The van der Waals surface area contributed by atoms with Crippen molar-refractivity contribution in [2.24, 2.45) is 17.8 Å². The number of para-hydroxylation sites is 1. The summed E-state index contributed by atoms with van der Waals surface area (Å²) in [6.07, 6.45) is 10.4. The zero-order valence-corrected chi connectivity index (χ0v) is 13.3. The number of benzene rings is 1. The lowest BCUT2D eigenvalue weighted by Crippen LogP contribution is -2.28. The molecule has 1 aromatic carbocycles. The summed E-state index contributed by atoms with van der Waals surface area (Å²) in [4.78, 5) is 12.5. The predicted octanol–water partition coefficient (Wildman–Crippen LogP) is 3.43. The summed E-state index contributed by atoms with van der Waals surface area (Å²) in [6.45, 7) is 0.778. The van der Waals surface area contributed by atoms with Crippen molar-refractivity contribution in [3.63, 3.8) is 0 Å². The van der Waals surface area contributed by atoms with Crippen molar-refractivity contribution < 1.29 is 4.79 Å². The molecule has 1 amide bonds. The molecule has 0 unspecified atom stereocenters. The molecule has 2 aliphatic carbocycles. The number of hydrogen-bond donors (Lipinski definition) is 1. The van der Waals surface area contributed by atoms with Gasteiger partial charge in [-0.05, 0) is 61.6 Å². The molecule has 0 radical (unpaired) electrons. The van der Waals surface area contributed by atoms with Crippen molar-refractivity contribution in [2.45, 2.75) is 32.1 Å². The fourth-order valence-electron chi connectivity index (χ4n) is 4.47. The maximum atomic E-state index is 12.5. The molecule has 1 N–H and O–H groups in total. The number of amides is 1. The van der Waals surface area contributed by atoms with Crippen LogP contribution >= 0.6 is 0 Å². The third kappa shape index (κ3) is 2.90. The molecule has 2 aromatic rings. The number of carbonyl (C=O) groups excluding carboxylic acids is 1. The number of aromatic nitrogens is 2. The van der Waals surface area contributed by atoms with Crippen LogP contribution in [0.15, 0.2) is 42.7 Å². The van der Waals surface area contributed by atoms with Crippen LogP contribution in [0.4, 0.5) is 0 Å². The number of carbonyl (C=O) groups is 1. The maximum absolute atomic E-state index is 12.5. The van der Waals surface area contributed by atoms with E-state index in [-0.39, 0.29) is 5.91 Å². The number of fused-ring (bicyclic) bond motifs is 2. The highest BCUT2D eigenvalue weighted by Gasteiger charge is 2.38. The van der Waals surface area contributed by atoms with Gasteiger partial charge in [-0.1, -0.05) is 18.6 Å². The molecule has 4 nitrogen and oxygen atoms in total. The molecule has 2 bridgehead atoms. The van der Waals surface area contributed by atoms with Gasteiger partial charge >= 0.3 is 0 Å². The van der Waals surface area contributed by atoms with E-state index in [1.165, 1.54) is 25.7 Å². The van der Waals surface area contributed by atoms with Gasteiger partial charge in [-0.2, -0.15) is 5.10 Å². The topological polar surface area (TPSA) is 46.9 Å². The first-order valence-corrected chi connectivity index (χ1v) is 8.68. The Labute approximate surface area is 136 Å². The van der Waals surface area contributed by atoms with Crippen LogP contribution in [-0.4, -0.2) is 22.2 Å². The van der Waals surface area contributed by atoms with E-state index in [4.69, 9.17) is 0 Å². The number of rotatable bonds is 5. The fraction of sp³-hybridized carbons (Fsp3) is 0.474. The van der Waals surface area contributed by atoms with Gasteiger partial charge in [-0.15, -0.1) is 0 Å². The van der Waals surface area contributed by atoms with Gasteiger partial charge in [0.05, 0.1) is 11.3 Å². The van der Waals surface area contributed by atoms with Crippen molar-refractivity contribution in [2.75, 3.05) is 6.54 Å². The third-order valence-electron chi connectivity index (χ3n) is 5.59. The average Bonchev–Trinajstić information content (AvgIpc) is 3.32. The molecule has 0 spiro atoms.